The number of aliphatic carboxylic acids is 1. The van der Waals surface area contributed by atoms with Gasteiger partial charge in [0, 0.05) is 6.42 Å². The highest BCUT2D eigenvalue weighted by Gasteiger charge is 2.14. The first-order valence-corrected chi connectivity index (χ1v) is 17.3. The summed E-state index contributed by atoms with van der Waals surface area (Å²) in [6.07, 6.45) is -0.653. The highest BCUT2D eigenvalue weighted by molar-refractivity contribution is 6.69. The number of carboxylic acid groups (broad SMARTS) is 1. The molecule has 0 saturated carbocycles. The smallest absolute Gasteiger partial charge is 0.372 e. The van der Waals surface area contributed by atoms with Crippen LogP contribution in [0.4, 0.5) is 0 Å². The Labute approximate surface area is 244 Å². The van der Waals surface area contributed by atoms with E-state index in [0.717, 1.165) is 0 Å². The van der Waals surface area contributed by atoms with Gasteiger partial charge in [-0.25, -0.2) is 4.79 Å². The molecule has 0 spiro atoms. The average molecular weight is 615 g/mol. The maximum Gasteiger partial charge on any atom is 0.372 e. The van der Waals surface area contributed by atoms with Gasteiger partial charge in [-0.1, -0.05) is 0 Å². The number of hydrogen-bond acceptors (Lipinski definition) is 13. The predicted molar refractivity (Wildman–Crippen MR) is 149 cm³/mol. The third-order valence-corrected chi connectivity index (χ3v) is 5.72. The van der Waals surface area contributed by atoms with Crippen molar-refractivity contribution in [2.45, 2.75) is 32.5 Å². The first-order valence-electron chi connectivity index (χ1n) is 13.9. The molecule has 0 aliphatic heterocycles. The molecule has 0 aromatic heterocycles. The second-order valence-corrected chi connectivity index (χ2v) is 13.8. The summed E-state index contributed by atoms with van der Waals surface area (Å²) in [4.78, 5) is 32.6. The van der Waals surface area contributed by atoms with Gasteiger partial charge in [0.1, 0.15) is 6.61 Å². The van der Waals surface area contributed by atoms with Gasteiger partial charge in [-0.2, -0.15) is 0 Å². The number of ketones is 1. The number of esters is 1. The van der Waals surface area contributed by atoms with Crippen LogP contribution < -0.4 is 0 Å². The molecule has 0 heterocycles. The first kappa shape index (κ1) is 39.5. The van der Waals surface area contributed by atoms with Crippen molar-refractivity contribution in [1.29, 1.82) is 0 Å². The van der Waals surface area contributed by atoms with E-state index in [0.29, 0.717) is 106 Å². The summed E-state index contributed by atoms with van der Waals surface area (Å²) in [6.45, 7) is 14.3. The number of hydrogen-bond donors (Lipinski definition) is 1. The molecule has 0 saturated heterocycles. The lowest BCUT2D eigenvalue weighted by Gasteiger charge is -2.16. The third-order valence-electron chi connectivity index (χ3n) is 4.65. The molecular formula is C26H50O14Si. The van der Waals surface area contributed by atoms with Crippen LogP contribution in [0.5, 0.6) is 0 Å². The van der Waals surface area contributed by atoms with Crippen molar-refractivity contribution in [3.8, 4) is 0 Å². The van der Waals surface area contributed by atoms with Crippen molar-refractivity contribution in [1.82, 2.24) is 0 Å². The van der Waals surface area contributed by atoms with Crippen molar-refractivity contribution in [2.24, 2.45) is 0 Å². The molecule has 41 heavy (non-hydrogen) atoms. The van der Waals surface area contributed by atoms with Crippen LogP contribution >= 0.6 is 0 Å². The number of ether oxygens (including phenoxy) is 9. The summed E-state index contributed by atoms with van der Waals surface area (Å²) >= 11 is 0. The highest BCUT2D eigenvalue weighted by Crippen LogP contribution is 2.01. The topological polar surface area (TPSA) is 164 Å². The van der Waals surface area contributed by atoms with Gasteiger partial charge < -0.3 is 52.2 Å². The average Bonchev–Trinajstić information content (AvgIpc) is 2.92. The largest absolute Gasteiger partial charge is 0.476 e. The summed E-state index contributed by atoms with van der Waals surface area (Å²) < 4.78 is 53.7. The molecule has 0 aliphatic carbocycles. The van der Waals surface area contributed by atoms with E-state index in [9.17, 15) is 14.4 Å². The van der Waals surface area contributed by atoms with Crippen LogP contribution in [0.2, 0.25) is 19.6 Å². The van der Waals surface area contributed by atoms with Gasteiger partial charge >= 0.3 is 11.9 Å². The number of carbonyl (C=O) groups is 3. The van der Waals surface area contributed by atoms with Gasteiger partial charge in [-0.05, 0) is 19.6 Å². The number of carbonyl (C=O) groups excluding carboxylic acids is 2. The van der Waals surface area contributed by atoms with Crippen LogP contribution in [0.25, 0.3) is 0 Å². The predicted octanol–water partition coefficient (Wildman–Crippen LogP) is 0.948. The Morgan fingerprint density at radius 1 is 0.463 bits per heavy atom. The van der Waals surface area contributed by atoms with Gasteiger partial charge in [0.15, 0.2) is 8.32 Å². The highest BCUT2D eigenvalue weighted by atomic mass is 28.4. The van der Waals surface area contributed by atoms with E-state index in [2.05, 4.69) is 19.6 Å². The Kier molecular flexibility index (Phi) is 27.5. The molecule has 0 atom stereocenters. The molecule has 0 fully saturated rings. The van der Waals surface area contributed by atoms with E-state index in [-0.39, 0.29) is 26.1 Å². The molecule has 0 bridgehead atoms. The van der Waals surface area contributed by atoms with E-state index < -0.39 is 26.0 Å². The van der Waals surface area contributed by atoms with Crippen molar-refractivity contribution in [2.75, 3.05) is 119 Å². The van der Waals surface area contributed by atoms with E-state index in [1.54, 1.807) is 0 Å². The molecule has 15 heteroatoms. The summed E-state index contributed by atoms with van der Waals surface area (Å²) in [7, 11) is -1.46. The second kappa shape index (κ2) is 28.6. The third kappa shape index (κ3) is 32.8. The molecule has 14 nitrogen and oxygen atoms in total. The molecular weight excluding hydrogens is 564 g/mol. The van der Waals surface area contributed by atoms with Crippen LogP contribution in [0.3, 0.4) is 0 Å². The molecule has 0 unspecified atom stereocenters. The molecule has 0 rings (SSSR count). The van der Waals surface area contributed by atoms with Gasteiger partial charge in [0.05, 0.1) is 119 Å². The van der Waals surface area contributed by atoms with Gasteiger partial charge in [-0.15, -0.1) is 0 Å². The Morgan fingerprint density at radius 2 is 0.756 bits per heavy atom. The summed E-state index contributed by atoms with van der Waals surface area (Å²) in [5, 5.41) is 8.43. The monoisotopic (exact) mass is 614 g/mol. The molecule has 1 N–H and O–H groups in total. The summed E-state index contributed by atoms with van der Waals surface area (Å²) in [5.41, 5.74) is 0. The van der Waals surface area contributed by atoms with Crippen LogP contribution in [-0.4, -0.2) is 150 Å². The first-order chi connectivity index (χ1) is 19.7. The zero-order valence-electron chi connectivity index (χ0n) is 24.9. The Bertz CT molecular complexity index is 644. The van der Waals surface area contributed by atoms with Gasteiger partial charge in [0.25, 0.3) is 0 Å². The normalized spacial score (nSPS) is 11.6. The fraction of sp³-hybridized carbons (Fsp3) is 0.885. The van der Waals surface area contributed by atoms with Crippen LogP contribution in [0, 0.1) is 0 Å². The zero-order chi connectivity index (χ0) is 30.4. The quantitative estimate of drug-likeness (QED) is 0.0493. The lowest BCUT2D eigenvalue weighted by molar-refractivity contribution is -0.151. The van der Waals surface area contributed by atoms with Crippen molar-refractivity contribution in [3.63, 3.8) is 0 Å². The Hall–Kier alpha value is -1.53. The SMILES string of the molecule is C[Si](C)(C)OCCOCCOCCOCCOCCOCCOCCOCCOCCOC(=O)CCC(=O)C(=O)O. The molecule has 0 aromatic carbocycles. The maximum atomic E-state index is 11.3. The number of Topliss-reactive ketones (excluding diaryl/α,β-unsaturated/α-hetero) is 1. The van der Waals surface area contributed by atoms with Crippen molar-refractivity contribution >= 4 is 26.0 Å². The van der Waals surface area contributed by atoms with Gasteiger partial charge in [-0.3, -0.25) is 9.59 Å². The molecule has 0 aromatic rings. The second-order valence-electron chi connectivity index (χ2n) is 9.31. The minimum absolute atomic E-state index is 0.0183. The summed E-state index contributed by atoms with van der Waals surface area (Å²) in [6, 6.07) is 0. The maximum absolute atomic E-state index is 11.3. The molecule has 0 radical (unpaired) electrons. The lowest BCUT2D eigenvalue weighted by Crippen LogP contribution is -2.27. The van der Waals surface area contributed by atoms with Crippen LogP contribution in [0.15, 0.2) is 0 Å². The summed E-state index contributed by atoms with van der Waals surface area (Å²) in [5.74, 6) is -3.23. The standard InChI is InChI=1S/C26H50O14Si/c1-41(2,3)40-23-21-38-19-17-36-15-13-34-11-9-32-7-6-31-8-10-33-12-14-35-16-18-37-20-22-39-25(28)5-4-24(27)26(29)30/h4-23H2,1-3H3,(H,29,30). The van der Waals surface area contributed by atoms with Crippen LogP contribution in [0.1, 0.15) is 12.8 Å². The molecule has 0 aliphatic rings. The van der Waals surface area contributed by atoms with E-state index >= 15 is 0 Å². The van der Waals surface area contributed by atoms with E-state index in [1.807, 2.05) is 0 Å². The minimum Gasteiger partial charge on any atom is -0.476 e. The fourth-order valence-corrected chi connectivity index (χ4v) is 3.35. The van der Waals surface area contributed by atoms with E-state index in [1.165, 1.54) is 0 Å². The van der Waals surface area contributed by atoms with Crippen LogP contribution in [-0.2, 0) is 61.4 Å². The molecule has 242 valence electrons. The zero-order valence-corrected chi connectivity index (χ0v) is 25.9. The Balaban J connectivity index is 3.15. The van der Waals surface area contributed by atoms with Crippen molar-refractivity contribution < 1.29 is 66.5 Å². The van der Waals surface area contributed by atoms with E-state index in [4.69, 9.17) is 52.2 Å². The Morgan fingerprint density at radius 3 is 1.05 bits per heavy atom. The lowest BCUT2D eigenvalue weighted by atomic mass is 10.2. The van der Waals surface area contributed by atoms with Gasteiger partial charge in [0.2, 0.25) is 5.78 Å². The molecule has 0 amide bonds. The fourth-order valence-electron chi connectivity index (χ4n) is 2.66. The van der Waals surface area contributed by atoms with Crippen molar-refractivity contribution in [3.05, 3.63) is 0 Å². The minimum atomic E-state index is -1.56. The number of carboxylic acids is 1. The number of rotatable bonds is 32.